The molecule has 0 unspecified atom stereocenters. The molecule has 2 rings (SSSR count). The van der Waals surface area contributed by atoms with Crippen LogP contribution in [0.2, 0.25) is 5.02 Å². The fourth-order valence-electron chi connectivity index (χ4n) is 2.37. The smallest absolute Gasteiger partial charge is 0.258 e. The Labute approximate surface area is 169 Å². The maximum Gasteiger partial charge on any atom is 0.258 e. The number of halogens is 1. The summed E-state index contributed by atoms with van der Waals surface area (Å²) < 4.78 is 5.41. The number of amides is 2. The maximum atomic E-state index is 12.4. The van der Waals surface area contributed by atoms with Crippen molar-refractivity contribution in [2.45, 2.75) is 26.3 Å². The van der Waals surface area contributed by atoms with E-state index in [1.165, 1.54) is 0 Å². The molecule has 0 bridgehead atoms. The van der Waals surface area contributed by atoms with Crippen molar-refractivity contribution in [1.29, 1.82) is 0 Å². The number of nitrogens with one attached hydrogen (secondary N) is 2. The lowest BCUT2D eigenvalue weighted by Gasteiger charge is -2.14. The molecule has 2 N–H and O–H groups in total. The molecule has 0 aliphatic carbocycles. The zero-order valence-corrected chi connectivity index (χ0v) is 16.6. The first kappa shape index (κ1) is 21.4. The monoisotopic (exact) mass is 402 g/mol. The van der Waals surface area contributed by atoms with Crippen molar-refractivity contribution in [3.63, 3.8) is 0 Å². The minimum atomic E-state index is -0.637. The highest BCUT2D eigenvalue weighted by atomic mass is 35.5. The molecule has 7 heteroatoms. The molecule has 0 spiro atoms. The summed E-state index contributed by atoms with van der Waals surface area (Å²) in [6.45, 7) is 3.90. The molecule has 6 nitrogen and oxygen atoms in total. The lowest BCUT2D eigenvalue weighted by molar-refractivity contribution is -0.129. The van der Waals surface area contributed by atoms with Gasteiger partial charge in [0.2, 0.25) is 5.91 Å². The Hall–Kier alpha value is -2.86. The lowest BCUT2D eigenvalue weighted by Crippen LogP contribution is -2.46. The summed E-state index contributed by atoms with van der Waals surface area (Å²) in [6, 6.07) is 12.5. The third kappa shape index (κ3) is 6.39. The van der Waals surface area contributed by atoms with Crippen molar-refractivity contribution in [3.8, 4) is 5.75 Å². The fourth-order valence-corrected chi connectivity index (χ4v) is 2.50. The van der Waals surface area contributed by atoms with Gasteiger partial charge in [0, 0.05) is 22.7 Å². The number of ether oxygens (including phenoxy) is 1. The second-order valence-corrected chi connectivity index (χ2v) is 6.67. The zero-order chi connectivity index (χ0) is 20.5. The second kappa shape index (κ2) is 10.5. The third-order valence-corrected chi connectivity index (χ3v) is 4.16. The molecule has 0 fully saturated rings. The molecule has 0 aliphatic rings. The van der Waals surface area contributed by atoms with Crippen LogP contribution < -0.4 is 15.4 Å². The molecule has 0 saturated heterocycles. The van der Waals surface area contributed by atoms with Gasteiger partial charge in [-0.25, -0.2) is 0 Å². The van der Waals surface area contributed by atoms with E-state index in [0.29, 0.717) is 28.4 Å². The van der Waals surface area contributed by atoms with Gasteiger partial charge in [-0.05, 0) is 61.9 Å². The van der Waals surface area contributed by atoms with Gasteiger partial charge >= 0.3 is 0 Å². The zero-order valence-electron chi connectivity index (χ0n) is 15.8. The lowest BCUT2D eigenvalue weighted by atomic mass is 10.0. The SMILES string of the molecule is CCCNC(=O)[C@H](C)NC(=O)COc1ccc(C(=O)c2ccc(Cl)cc2)cc1. The first-order valence-corrected chi connectivity index (χ1v) is 9.38. The largest absolute Gasteiger partial charge is 0.484 e. The van der Waals surface area contributed by atoms with E-state index in [4.69, 9.17) is 16.3 Å². The van der Waals surface area contributed by atoms with Crippen molar-refractivity contribution < 1.29 is 19.1 Å². The minimum absolute atomic E-state index is 0.132. The molecule has 0 aliphatic heterocycles. The first-order chi connectivity index (χ1) is 13.4. The first-order valence-electron chi connectivity index (χ1n) is 9.01. The molecule has 0 radical (unpaired) electrons. The van der Waals surface area contributed by atoms with Crippen LogP contribution in [0.5, 0.6) is 5.75 Å². The van der Waals surface area contributed by atoms with Gasteiger partial charge in [0.05, 0.1) is 0 Å². The number of rotatable bonds is 9. The number of hydrogen-bond acceptors (Lipinski definition) is 4. The molecular weight excluding hydrogens is 380 g/mol. The summed E-state index contributed by atoms with van der Waals surface area (Å²) in [7, 11) is 0. The Balaban J connectivity index is 1.85. The third-order valence-electron chi connectivity index (χ3n) is 3.91. The Kier molecular flexibility index (Phi) is 8.02. The van der Waals surface area contributed by atoms with E-state index in [1.807, 2.05) is 6.92 Å². The highest BCUT2D eigenvalue weighted by molar-refractivity contribution is 6.30. The van der Waals surface area contributed by atoms with Gasteiger partial charge in [0.1, 0.15) is 11.8 Å². The maximum absolute atomic E-state index is 12.4. The molecule has 28 heavy (non-hydrogen) atoms. The average Bonchev–Trinajstić information content (AvgIpc) is 2.70. The minimum Gasteiger partial charge on any atom is -0.484 e. The van der Waals surface area contributed by atoms with Gasteiger partial charge in [-0.3, -0.25) is 14.4 Å². The molecule has 1 atom stereocenters. The topological polar surface area (TPSA) is 84.5 Å². The summed E-state index contributed by atoms with van der Waals surface area (Å²) in [5.74, 6) is -0.320. The molecule has 0 aromatic heterocycles. The predicted molar refractivity (Wildman–Crippen MR) is 108 cm³/mol. The van der Waals surface area contributed by atoms with Crippen LogP contribution >= 0.6 is 11.6 Å². The fraction of sp³-hybridized carbons (Fsp3) is 0.286. The van der Waals surface area contributed by atoms with Crippen LogP contribution in [0.25, 0.3) is 0 Å². The molecule has 2 aromatic rings. The van der Waals surface area contributed by atoms with E-state index in [-0.39, 0.29) is 18.3 Å². The number of carbonyl (C=O) groups is 3. The van der Waals surface area contributed by atoms with Gasteiger partial charge in [-0.15, -0.1) is 0 Å². The van der Waals surface area contributed by atoms with E-state index in [9.17, 15) is 14.4 Å². The summed E-state index contributed by atoms with van der Waals surface area (Å²) in [6.07, 6.45) is 0.825. The highest BCUT2D eigenvalue weighted by Gasteiger charge is 2.15. The van der Waals surface area contributed by atoms with Crippen LogP contribution in [-0.2, 0) is 9.59 Å². The van der Waals surface area contributed by atoms with Crippen molar-refractivity contribution in [2.75, 3.05) is 13.2 Å². The average molecular weight is 403 g/mol. The van der Waals surface area contributed by atoms with Crippen molar-refractivity contribution in [3.05, 3.63) is 64.7 Å². The van der Waals surface area contributed by atoms with Crippen LogP contribution in [0.4, 0.5) is 0 Å². The van der Waals surface area contributed by atoms with Gasteiger partial charge in [0.15, 0.2) is 12.4 Å². The van der Waals surface area contributed by atoms with Crippen LogP contribution in [0.3, 0.4) is 0 Å². The van der Waals surface area contributed by atoms with Crippen molar-refractivity contribution in [2.24, 2.45) is 0 Å². The summed E-state index contributed by atoms with van der Waals surface area (Å²) in [5.41, 5.74) is 1.04. The molecule has 0 heterocycles. The molecule has 2 amide bonds. The van der Waals surface area contributed by atoms with Crippen molar-refractivity contribution in [1.82, 2.24) is 10.6 Å². The quantitative estimate of drug-likeness (QED) is 0.631. The predicted octanol–water partition coefficient (Wildman–Crippen LogP) is 2.98. The van der Waals surface area contributed by atoms with Gasteiger partial charge in [-0.2, -0.15) is 0 Å². The summed E-state index contributed by atoms with van der Waals surface area (Å²) >= 11 is 5.83. The van der Waals surface area contributed by atoms with Gasteiger partial charge in [0.25, 0.3) is 5.91 Å². The van der Waals surface area contributed by atoms with Gasteiger partial charge in [-0.1, -0.05) is 18.5 Å². The van der Waals surface area contributed by atoms with Crippen LogP contribution in [0.1, 0.15) is 36.2 Å². The van der Waals surface area contributed by atoms with Crippen molar-refractivity contribution >= 4 is 29.2 Å². The van der Waals surface area contributed by atoms with Crippen LogP contribution in [-0.4, -0.2) is 36.8 Å². The molecule has 2 aromatic carbocycles. The van der Waals surface area contributed by atoms with E-state index < -0.39 is 11.9 Å². The Morgan fingerprint density at radius 1 is 1.00 bits per heavy atom. The normalized spacial score (nSPS) is 11.4. The number of hydrogen-bond donors (Lipinski definition) is 2. The highest BCUT2D eigenvalue weighted by Crippen LogP contribution is 2.17. The molecular formula is C21H23ClN2O4. The Morgan fingerprint density at radius 2 is 1.57 bits per heavy atom. The van der Waals surface area contributed by atoms with E-state index in [2.05, 4.69) is 10.6 Å². The van der Waals surface area contributed by atoms with E-state index in [0.717, 1.165) is 6.42 Å². The molecule has 148 valence electrons. The second-order valence-electron chi connectivity index (χ2n) is 6.23. The summed E-state index contributed by atoms with van der Waals surface area (Å²) in [4.78, 5) is 36.1. The standard InChI is InChI=1S/C21H23ClN2O4/c1-3-12-23-21(27)14(2)24-19(25)13-28-18-10-6-16(7-11-18)20(26)15-4-8-17(22)9-5-15/h4-11,14H,3,12-13H2,1-2H3,(H,23,27)(H,24,25)/t14-/m0/s1. The van der Waals surface area contributed by atoms with E-state index in [1.54, 1.807) is 55.5 Å². The number of carbonyl (C=O) groups excluding carboxylic acids is 3. The number of benzene rings is 2. The Bertz CT molecular complexity index is 819. The Morgan fingerprint density at radius 3 is 2.14 bits per heavy atom. The number of ketones is 1. The van der Waals surface area contributed by atoms with E-state index >= 15 is 0 Å². The summed E-state index contributed by atoms with van der Waals surface area (Å²) in [5, 5.41) is 5.85. The van der Waals surface area contributed by atoms with Crippen LogP contribution in [0, 0.1) is 0 Å². The molecule has 0 saturated carbocycles. The van der Waals surface area contributed by atoms with Crippen LogP contribution in [0.15, 0.2) is 48.5 Å². The van der Waals surface area contributed by atoms with Gasteiger partial charge < -0.3 is 15.4 Å².